The van der Waals surface area contributed by atoms with Crippen LogP contribution in [0.3, 0.4) is 0 Å². The van der Waals surface area contributed by atoms with Gasteiger partial charge in [0.15, 0.2) is 5.78 Å². The van der Waals surface area contributed by atoms with Crippen molar-refractivity contribution in [2.75, 3.05) is 13.1 Å². The second-order valence-corrected chi connectivity index (χ2v) is 9.95. The molecule has 1 saturated heterocycles. The Bertz CT molecular complexity index is 1540. The van der Waals surface area contributed by atoms with E-state index in [4.69, 9.17) is 27.9 Å². The van der Waals surface area contributed by atoms with Crippen LogP contribution in [0.2, 0.25) is 10.2 Å². The van der Waals surface area contributed by atoms with Crippen LogP contribution in [0, 0.1) is 5.82 Å². The van der Waals surface area contributed by atoms with Gasteiger partial charge in [0, 0.05) is 53.3 Å². The number of hydrogen-bond acceptors (Lipinski definition) is 5. The Labute approximate surface area is 216 Å². The second kappa shape index (κ2) is 8.69. The number of rotatable bonds is 4. The summed E-state index contributed by atoms with van der Waals surface area (Å²) in [5.74, 6) is -1.99. The standard InChI is InChI=1S/C27H20Cl2FN3O3/c28-16-2-3-17-18(14-33(21(17)11-16)13-15-1-6-22(29)32-12-15)25(34)24-20(30)5-4-19-23(24)26(35)36-27(19)7-9-31-10-8-27/h1-6,11-12,14,31H,7-10,13H2. The number of aromatic nitrogens is 2. The van der Waals surface area contributed by atoms with Crippen molar-refractivity contribution in [3.05, 3.63) is 98.7 Å². The van der Waals surface area contributed by atoms with Gasteiger partial charge in [-0.3, -0.25) is 4.79 Å². The van der Waals surface area contributed by atoms with Gasteiger partial charge in [-0.05, 0) is 42.9 Å². The van der Waals surface area contributed by atoms with Gasteiger partial charge in [0.05, 0.1) is 16.6 Å². The molecule has 9 heteroatoms. The van der Waals surface area contributed by atoms with Crippen LogP contribution >= 0.6 is 23.2 Å². The molecular formula is C27H20Cl2FN3O3. The highest BCUT2D eigenvalue weighted by Crippen LogP contribution is 2.45. The maximum atomic E-state index is 15.3. The van der Waals surface area contributed by atoms with E-state index in [1.807, 2.05) is 10.6 Å². The Balaban J connectivity index is 1.49. The zero-order valence-electron chi connectivity index (χ0n) is 19.0. The molecule has 0 atom stereocenters. The van der Waals surface area contributed by atoms with E-state index in [2.05, 4.69) is 10.3 Å². The number of nitrogens with one attached hydrogen (secondary N) is 1. The van der Waals surface area contributed by atoms with Crippen LogP contribution in [0.25, 0.3) is 10.9 Å². The number of carbonyl (C=O) groups is 2. The molecule has 4 aromatic rings. The predicted molar refractivity (Wildman–Crippen MR) is 134 cm³/mol. The van der Waals surface area contributed by atoms with Crippen LogP contribution in [-0.2, 0) is 16.9 Å². The smallest absolute Gasteiger partial charge is 0.340 e. The Morgan fingerprint density at radius 2 is 1.94 bits per heavy atom. The molecular weight excluding hydrogens is 504 g/mol. The molecule has 0 saturated carbocycles. The summed E-state index contributed by atoms with van der Waals surface area (Å²) in [5, 5.41) is 4.73. The molecule has 1 N–H and O–H groups in total. The monoisotopic (exact) mass is 523 g/mol. The Hall–Kier alpha value is -3.26. The molecule has 0 radical (unpaired) electrons. The van der Waals surface area contributed by atoms with Crippen molar-refractivity contribution in [3.8, 4) is 0 Å². The summed E-state index contributed by atoms with van der Waals surface area (Å²) in [7, 11) is 0. The zero-order valence-corrected chi connectivity index (χ0v) is 20.5. The molecule has 2 aromatic carbocycles. The largest absolute Gasteiger partial charge is 0.450 e. The number of nitrogens with zero attached hydrogens (tertiary/aromatic N) is 2. The lowest BCUT2D eigenvalue weighted by atomic mass is 9.82. The number of halogens is 3. The van der Waals surface area contributed by atoms with Gasteiger partial charge in [0.25, 0.3) is 0 Å². The first-order valence-corrected chi connectivity index (χ1v) is 12.3. The fraction of sp³-hybridized carbons (Fsp3) is 0.222. The summed E-state index contributed by atoms with van der Waals surface area (Å²) in [6.07, 6.45) is 4.45. The zero-order chi connectivity index (χ0) is 25.0. The third kappa shape index (κ3) is 3.70. The van der Waals surface area contributed by atoms with Gasteiger partial charge in [-0.1, -0.05) is 41.4 Å². The number of carbonyl (C=O) groups excluding carboxylic acids is 2. The van der Waals surface area contributed by atoms with Crippen molar-refractivity contribution in [1.82, 2.24) is 14.9 Å². The summed E-state index contributed by atoms with van der Waals surface area (Å²) in [5.41, 5.74) is 1.36. The highest BCUT2D eigenvalue weighted by atomic mass is 35.5. The number of benzene rings is 2. The number of esters is 1. The van der Waals surface area contributed by atoms with E-state index in [9.17, 15) is 9.59 Å². The number of ether oxygens (including phenoxy) is 1. The lowest BCUT2D eigenvalue weighted by molar-refractivity contribution is -0.0242. The van der Waals surface area contributed by atoms with Gasteiger partial charge >= 0.3 is 5.97 Å². The highest BCUT2D eigenvalue weighted by molar-refractivity contribution is 6.31. The Kier molecular flexibility index (Phi) is 5.59. The normalized spacial score (nSPS) is 16.4. The lowest BCUT2D eigenvalue weighted by Gasteiger charge is -2.33. The molecule has 6 rings (SSSR count). The first kappa shape index (κ1) is 23.2. The summed E-state index contributed by atoms with van der Waals surface area (Å²) >= 11 is 12.2. The van der Waals surface area contributed by atoms with E-state index in [-0.39, 0.29) is 16.7 Å². The van der Waals surface area contributed by atoms with E-state index in [1.54, 1.807) is 42.7 Å². The van der Waals surface area contributed by atoms with Crippen LogP contribution in [0.15, 0.2) is 54.9 Å². The Morgan fingerprint density at radius 1 is 1.14 bits per heavy atom. The molecule has 2 aliphatic heterocycles. The fourth-order valence-corrected chi connectivity index (χ4v) is 5.56. The SMILES string of the molecule is O=C1OC2(CCNCC2)c2ccc(F)c(C(=O)c3cn(Cc4ccc(Cl)nc4)c4cc(Cl)ccc34)c21. The summed E-state index contributed by atoms with van der Waals surface area (Å²) in [6, 6.07) is 11.5. The summed E-state index contributed by atoms with van der Waals surface area (Å²) < 4.78 is 22.9. The molecule has 1 fully saturated rings. The maximum Gasteiger partial charge on any atom is 0.340 e. The van der Waals surface area contributed by atoms with Crippen LogP contribution in [0.4, 0.5) is 4.39 Å². The first-order chi connectivity index (χ1) is 17.4. The third-order valence-electron chi connectivity index (χ3n) is 7.01. The molecule has 182 valence electrons. The molecule has 0 amide bonds. The molecule has 2 aromatic heterocycles. The number of hydrogen-bond donors (Lipinski definition) is 1. The summed E-state index contributed by atoms with van der Waals surface area (Å²) in [6.45, 7) is 1.73. The number of ketones is 1. The van der Waals surface area contributed by atoms with Crippen molar-refractivity contribution >= 4 is 45.9 Å². The van der Waals surface area contributed by atoms with Crippen molar-refractivity contribution in [3.63, 3.8) is 0 Å². The van der Waals surface area contributed by atoms with Crippen LogP contribution < -0.4 is 5.32 Å². The molecule has 36 heavy (non-hydrogen) atoms. The minimum Gasteiger partial charge on any atom is -0.450 e. The van der Waals surface area contributed by atoms with Gasteiger partial charge < -0.3 is 14.6 Å². The van der Waals surface area contributed by atoms with E-state index in [1.165, 1.54) is 6.07 Å². The minimum absolute atomic E-state index is 0.0265. The number of fused-ring (bicyclic) bond motifs is 3. The van der Waals surface area contributed by atoms with Crippen molar-refractivity contribution in [1.29, 1.82) is 0 Å². The quantitative estimate of drug-likeness (QED) is 0.217. The number of pyridine rings is 1. The van der Waals surface area contributed by atoms with Crippen LogP contribution in [0.1, 0.15) is 50.2 Å². The van der Waals surface area contributed by atoms with E-state index < -0.39 is 23.2 Å². The molecule has 2 aliphatic rings. The predicted octanol–water partition coefficient (Wildman–Crippen LogP) is 5.51. The van der Waals surface area contributed by atoms with E-state index in [0.717, 1.165) is 5.56 Å². The van der Waals surface area contributed by atoms with Crippen molar-refractivity contribution in [2.45, 2.75) is 25.0 Å². The molecule has 4 heterocycles. The average Bonchev–Trinajstić information content (AvgIpc) is 3.35. The van der Waals surface area contributed by atoms with E-state index >= 15 is 4.39 Å². The van der Waals surface area contributed by atoms with E-state index in [0.29, 0.717) is 59.1 Å². The van der Waals surface area contributed by atoms with Crippen LogP contribution in [-0.4, -0.2) is 34.4 Å². The minimum atomic E-state index is -0.830. The topological polar surface area (TPSA) is 73.2 Å². The first-order valence-electron chi connectivity index (χ1n) is 11.6. The highest BCUT2D eigenvalue weighted by Gasteiger charge is 2.48. The van der Waals surface area contributed by atoms with Gasteiger partial charge in [0.1, 0.15) is 16.6 Å². The van der Waals surface area contributed by atoms with Gasteiger partial charge in [-0.2, -0.15) is 0 Å². The lowest BCUT2D eigenvalue weighted by Crippen LogP contribution is -2.40. The van der Waals surface area contributed by atoms with Gasteiger partial charge in [-0.15, -0.1) is 0 Å². The van der Waals surface area contributed by atoms with Gasteiger partial charge in [0.2, 0.25) is 0 Å². The molecule has 6 nitrogen and oxygen atoms in total. The molecule has 0 aliphatic carbocycles. The van der Waals surface area contributed by atoms with Crippen LogP contribution in [0.5, 0.6) is 0 Å². The maximum absolute atomic E-state index is 15.3. The number of piperidine rings is 1. The molecule has 0 bridgehead atoms. The average molecular weight is 524 g/mol. The van der Waals surface area contributed by atoms with Crippen molar-refractivity contribution in [2.24, 2.45) is 0 Å². The molecule has 1 spiro atoms. The van der Waals surface area contributed by atoms with Gasteiger partial charge in [-0.25, -0.2) is 14.2 Å². The molecule has 0 unspecified atom stereocenters. The Morgan fingerprint density at radius 3 is 2.69 bits per heavy atom. The fourth-order valence-electron chi connectivity index (χ4n) is 5.28. The van der Waals surface area contributed by atoms with Crippen molar-refractivity contribution < 1.29 is 18.7 Å². The summed E-state index contributed by atoms with van der Waals surface area (Å²) in [4.78, 5) is 31.1. The second-order valence-electron chi connectivity index (χ2n) is 9.13. The third-order valence-corrected chi connectivity index (χ3v) is 7.47.